The second-order valence-corrected chi connectivity index (χ2v) is 4.99. The number of hydrogen-bond acceptors (Lipinski definition) is 3. The molecule has 1 heterocycles. The van der Waals surface area contributed by atoms with Crippen LogP contribution in [0.15, 0.2) is 40.9 Å². The second kappa shape index (κ2) is 6.04. The van der Waals surface area contributed by atoms with Gasteiger partial charge in [-0.3, -0.25) is 4.79 Å². The zero-order valence-corrected chi connectivity index (χ0v) is 12.3. The number of amides is 1. The summed E-state index contributed by atoms with van der Waals surface area (Å²) in [6.07, 6.45) is 0. The zero-order valence-electron chi connectivity index (χ0n) is 9.98. The molecular formula is C13H10BrClN2O2. The Bertz CT molecular complexity index is 619. The third kappa shape index (κ3) is 3.68. The van der Waals surface area contributed by atoms with E-state index in [0.717, 1.165) is 4.47 Å². The van der Waals surface area contributed by atoms with Crippen molar-refractivity contribution >= 4 is 39.1 Å². The van der Waals surface area contributed by atoms with E-state index in [0.29, 0.717) is 17.1 Å². The van der Waals surface area contributed by atoms with E-state index in [1.165, 1.54) is 19.2 Å². The van der Waals surface area contributed by atoms with Crippen LogP contribution in [0.3, 0.4) is 0 Å². The van der Waals surface area contributed by atoms with Crippen molar-refractivity contribution in [3.63, 3.8) is 0 Å². The number of pyridine rings is 1. The Kier molecular flexibility index (Phi) is 4.39. The Hall–Kier alpha value is -1.59. The SMILES string of the molecule is COc1cc(C(=O)Nc2cccc(Br)c2)cc(Cl)n1. The summed E-state index contributed by atoms with van der Waals surface area (Å²) < 4.78 is 5.86. The highest BCUT2D eigenvalue weighted by Crippen LogP contribution is 2.19. The summed E-state index contributed by atoms with van der Waals surface area (Å²) >= 11 is 9.16. The molecule has 0 bridgehead atoms. The van der Waals surface area contributed by atoms with Gasteiger partial charge in [0.05, 0.1) is 7.11 Å². The van der Waals surface area contributed by atoms with Crippen LogP contribution in [-0.2, 0) is 0 Å². The summed E-state index contributed by atoms with van der Waals surface area (Å²) in [7, 11) is 1.47. The van der Waals surface area contributed by atoms with Crippen LogP contribution in [0.4, 0.5) is 5.69 Å². The van der Waals surface area contributed by atoms with Crippen molar-refractivity contribution < 1.29 is 9.53 Å². The molecule has 6 heteroatoms. The number of aromatic nitrogens is 1. The Labute approximate surface area is 123 Å². The van der Waals surface area contributed by atoms with Crippen LogP contribution in [0.25, 0.3) is 0 Å². The lowest BCUT2D eigenvalue weighted by Gasteiger charge is -2.07. The van der Waals surface area contributed by atoms with Gasteiger partial charge in [-0.1, -0.05) is 33.6 Å². The van der Waals surface area contributed by atoms with Crippen LogP contribution in [0.2, 0.25) is 5.15 Å². The summed E-state index contributed by atoms with van der Waals surface area (Å²) in [5.41, 5.74) is 1.07. The highest BCUT2D eigenvalue weighted by molar-refractivity contribution is 9.10. The number of hydrogen-bond donors (Lipinski definition) is 1. The Morgan fingerprint density at radius 1 is 1.37 bits per heavy atom. The smallest absolute Gasteiger partial charge is 0.255 e. The highest BCUT2D eigenvalue weighted by atomic mass is 79.9. The van der Waals surface area contributed by atoms with Crippen molar-refractivity contribution in [3.8, 4) is 5.88 Å². The van der Waals surface area contributed by atoms with Gasteiger partial charge in [0.15, 0.2) is 0 Å². The average molecular weight is 342 g/mol. The lowest BCUT2D eigenvalue weighted by molar-refractivity contribution is 0.102. The van der Waals surface area contributed by atoms with Crippen LogP contribution in [-0.4, -0.2) is 18.0 Å². The van der Waals surface area contributed by atoms with Gasteiger partial charge in [0.1, 0.15) is 5.15 Å². The van der Waals surface area contributed by atoms with E-state index in [4.69, 9.17) is 16.3 Å². The molecule has 19 heavy (non-hydrogen) atoms. The summed E-state index contributed by atoms with van der Waals surface area (Å²) in [5, 5.41) is 2.97. The average Bonchev–Trinajstić information content (AvgIpc) is 2.38. The summed E-state index contributed by atoms with van der Waals surface area (Å²) in [4.78, 5) is 16.0. The molecule has 0 aliphatic rings. The maximum atomic E-state index is 12.1. The molecule has 0 unspecified atom stereocenters. The largest absolute Gasteiger partial charge is 0.481 e. The van der Waals surface area contributed by atoms with Gasteiger partial charge in [-0.2, -0.15) is 0 Å². The molecule has 0 saturated heterocycles. The molecule has 2 rings (SSSR count). The maximum Gasteiger partial charge on any atom is 0.255 e. The summed E-state index contributed by atoms with van der Waals surface area (Å²) in [5.74, 6) is 0.0209. The van der Waals surface area contributed by atoms with E-state index in [9.17, 15) is 4.79 Å². The zero-order chi connectivity index (χ0) is 13.8. The fraction of sp³-hybridized carbons (Fsp3) is 0.0769. The van der Waals surface area contributed by atoms with Crippen molar-refractivity contribution in [3.05, 3.63) is 51.6 Å². The topological polar surface area (TPSA) is 51.2 Å². The van der Waals surface area contributed by atoms with Gasteiger partial charge in [-0.15, -0.1) is 0 Å². The fourth-order valence-electron chi connectivity index (χ4n) is 1.48. The van der Waals surface area contributed by atoms with Crippen LogP contribution >= 0.6 is 27.5 Å². The number of halogens is 2. The fourth-order valence-corrected chi connectivity index (χ4v) is 2.08. The number of methoxy groups -OCH3 is 1. The Morgan fingerprint density at radius 2 is 2.16 bits per heavy atom. The van der Waals surface area contributed by atoms with E-state index >= 15 is 0 Å². The number of anilines is 1. The predicted octanol–water partition coefficient (Wildman–Crippen LogP) is 3.76. The molecular weight excluding hydrogens is 332 g/mol. The van der Waals surface area contributed by atoms with Gasteiger partial charge in [-0.05, 0) is 24.3 Å². The summed E-state index contributed by atoms with van der Waals surface area (Å²) in [6.45, 7) is 0. The number of carbonyl (C=O) groups excluding carboxylic acids is 1. The van der Waals surface area contributed by atoms with Gasteiger partial charge in [-0.25, -0.2) is 4.98 Å². The molecule has 0 radical (unpaired) electrons. The third-order valence-electron chi connectivity index (χ3n) is 2.32. The molecule has 4 nitrogen and oxygen atoms in total. The first-order valence-corrected chi connectivity index (χ1v) is 6.54. The first-order valence-electron chi connectivity index (χ1n) is 5.37. The monoisotopic (exact) mass is 340 g/mol. The molecule has 1 amide bonds. The van der Waals surface area contributed by atoms with Crippen LogP contribution in [0.5, 0.6) is 5.88 Å². The predicted molar refractivity (Wildman–Crippen MR) is 77.9 cm³/mol. The number of nitrogens with one attached hydrogen (secondary N) is 1. The standard InChI is InChI=1S/C13H10BrClN2O2/c1-19-12-6-8(5-11(15)17-12)13(18)16-10-4-2-3-9(14)7-10/h2-7H,1H3,(H,16,18). The number of ether oxygens (including phenoxy) is 1. The number of benzene rings is 1. The third-order valence-corrected chi connectivity index (χ3v) is 3.01. The van der Waals surface area contributed by atoms with Crippen LogP contribution < -0.4 is 10.1 Å². The van der Waals surface area contributed by atoms with E-state index < -0.39 is 0 Å². The molecule has 2 aromatic rings. The minimum atomic E-state index is -0.277. The Balaban J connectivity index is 2.22. The molecule has 0 aliphatic carbocycles. The molecule has 0 spiro atoms. The van der Waals surface area contributed by atoms with E-state index in [2.05, 4.69) is 26.2 Å². The molecule has 0 aliphatic heterocycles. The minimum Gasteiger partial charge on any atom is -0.481 e. The van der Waals surface area contributed by atoms with Crippen molar-refractivity contribution in [1.29, 1.82) is 0 Å². The molecule has 0 fully saturated rings. The summed E-state index contributed by atoms with van der Waals surface area (Å²) in [6, 6.07) is 10.3. The van der Waals surface area contributed by atoms with Gasteiger partial charge in [0, 0.05) is 21.8 Å². The maximum absolute atomic E-state index is 12.1. The molecule has 98 valence electrons. The number of rotatable bonds is 3. The van der Waals surface area contributed by atoms with Crippen LogP contribution in [0.1, 0.15) is 10.4 Å². The molecule has 1 N–H and O–H groups in total. The molecule has 1 aromatic carbocycles. The first-order chi connectivity index (χ1) is 9.08. The van der Waals surface area contributed by atoms with Crippen molar-refractivity contribution in [2.24, 2.45) is 0 Å². The quantitative estimate of drug-likeness (QED) is 0.865. The number of carbonyl (C=O) groups is 1. The van der Waals surface area contributed by atoms with Gasteiger partial charge >= 0.3 is 0 Å². The molecule has 0 saturated carbocycles. The van der Waals surface area contributed by atoms with Gasteiger partial charge < -0.3 is 10.1 Å². The molecule has 1 aromatic heterocycles. The lowest BCUT2D eigenvalue weighted by atomic mass is 10.2. The van der Waals surface area contributed by atoms with E-state index in [1.807, 2.05) is 12.1 Å². The van der Waals surface area contributed by atoms with E-state index in [-0.39, 0.29) is 11.1 Å². The first kappa shape index (κ1) is 13.8. The van der Waals surface area contributed by atoms with E-state index in [1.54, 1.807) is 12.1 Å². The normalized spacial score (nSPS) is 10.1. The minimum absolute atomic E-state index is 0.207. The van der Waals surface area contributed by atoms with Crippen molar-refractivity contribution in [2.75, 3.05) is 12.4 Å². The van der Waals surface area contributed by atoms with Crippen molar-refractivity contribution in [1.82, 2.24) is 4.98 Å². The van der Waals surface area contributed by atoms with Crippen molar-refractivity contribution in [2.45, 2.75) is 0 Å². The van der Waals surface area contributed by atoms with Crippen LogP contribution in [0, 0.1) is 0 Å². The van der Waals surface area contributed by atoms with Gasteiger partial charge in [0.2, 0.25) is 5.88 Å². The van der Waals surface area contributed by atoms with Gasteiger partial charge in [0.25, 0.3) is 5.91 Å². The number of nitrogens with zero attached hydrogens (tertiary/aromatic N) is 1. The highest BCUT2D eigenvalue weighted by Gasteiger charge is 2.10. The lowest BCUT2D eigenvalue weighted by Crippen LogP contribution is -2.12. The second-order valence-electron chi connectivity index (χ2n) is 3.69. The Morgan fingerprint density at radius 3 is 2.84 bits per heavy atom. The molecule has 0 atom stereocenters.